The van der Waals surface area contributed by atoms with E-state index in [0.29, 0.717) is 11.8 Å². The lowest BCUT2D eigenvalue weighted by Crippen LogP contribution is -2.40. The van der Waals surface area contributed by atoms with Crippen molar-refractivity contribution in [2.24, 2.45) is 23.5 Å². The Bertz CT molecular complexity index is 366. The van der Waals surface area contributed by atoms with Crippen LogP contribution in [0.15, 0.2) is 30.3 Å². The lowest BCUT2D eigenvalue weighted by molar-refractivity contribution is 0.147. The fraction of sp³-hybridized carbons (Fsp3) is 0.667. The Morgan fingerprint density at radius 2 is 1.80 bits per heavy atom. The second kappa shape index (κ2) is 7.80. The van der Waals surface area contributed by atoms with E-state index in [1.54, 1.807) is 0 Å². The molecule has 1 aromatic rings. The highest BCUT2D eigenvalue weighted by molar-refractivity contribution is 5.15. The van der Waals surface area contributed by atoms with Gasteiger partial charge in [-0.2, -0.15) is 0 Å². The molecule has 20 heavy (non-hydrogen) atoms. The van der Waals surface area contributed by atoms with Crippen LogP contribution in [-0.4, -0.2) is 31.1 Å². The normalized spacial score (nSPS) is 19.4. The highest BCUT2D eigenvalue weighted by atomic mass is 15.1. The zero-order chi connectivity index (χ0) is 14.4. The predicted octanol–water partition coefficient (Wildman–Crippen LogP) is 3.17. The second-order valence-electron chi connectivity index (χ2n) is 6.67. The molecule has 0 saturated carbocycles. The van der Waals surface area contributed by atoms with Gasteiger partial charge in [-0.15, -0.1) is 0 Å². The van der Waals surface area contributed by atoms with Crippen molar-refractivity contribution in [2.45, 2.75) is 33.1 Å². The first kappa shape index (κ1) is 15.5. The largest absolute Gasteiger partial charge is 0.330 e. The van der Waals surface area contributed by atoms with Gasteiger partial charge in [-0.1, -0.05) is 44.2 Å². The predicted molar refractivity (Wildman–Crippen MR) is 86.7 cm³/mol. The van der Waals surface area contributed by atoms with Crippen molar-refractivity contribution in [3.63, 3.8) is 0 Å². The van der Waals surface area contributed by atoms with Gasteiger partial charge in [0.2, 0.25) is 0 Å². The minimum Gasteiger partial charge on any atom is -0.330 e. The average molecular weight is 274 g/mol. The second-order valence-corrected chi connectivity index (χ2v) is 6.67. The quantitative estimate of drug-likeness (QED) is 0.863. The number of nitrogens with two attached hydrogens (primary N) is 1. The van der Waals surface area contributed by atoms with Crippen LogP contribution in [0.5, 0.6) is 0 Å². The Hall–Kier alpha value is -0.860. The summed E-state index contributed by atoms with van der Waals surface area (Å²) in [6, 6.07) is 10.9. The standard InChI is InChI=1S/C18H30N2/c1-15(2)18(13-19)14-20-10-8-17(9-11-20)12-16-6-4-3-5-7-16/h3-7,15,17-18H,8-14,19H2,1-2H3. The monoisotopic (exact) mass is 274 g/mol. The van der Waals surface area contributed by atoms with E-state index in [1.807, 2.05) is 0 Å². The Morgan fingerprint density at radius 1 is 1.15 bits per heavy atom. The van der Waals surface area contributed by atoms with Gasteiger partial charge < -0.3 is 10.6 Å². The molecular formula is C18H30N2. The van der Waals surface area contributed by atoms with E-state index in [1.165, 1.54) is 44.5 Å². The summed E-state index contributed by atoms with van der Waals surface area (Å²) in [6.45, 7) is 9.09. The Balaban J connectivity index is 1.75. The Morgan fingerprint density at radius 3 is 2.35 bits per heavy atom. The van der Waals surface area contributed by atoms with Crippen molar-refractivity contribution < 1.29 is 0 Å². The van der Waals surface area contributed by atoms with E-state index in [2.05, 4.69) is 49.1 Å². The third-order valence-corrected chi connectivity index (χ3v) is 4.81. The van der Waals surface area contributed by atoms with Crippen LogP contribution in [0.2, 0.25) is 0 Å². The van der Waals surface area contributed by atoms with Gasteiger partial charge in [0.1, 0.15) is 0 Å². The SMILES string of the molecule is CC(C)C(CN)CN1CCC(Cc2ccccc2)CC1. The first-order valence-electron chi connectivity index (χ1n) is 8.15. The van der Waals surface area contributed by atoms with E-state index < -0.39 is 0 Å². The molecule has 0 aromatic heterocycles. The van der Waals surface area contributed by atoms with Gasteiger partial charge in [0.15, 0.2) is 0 Å². The summed E-state index contributed by atoms with van der Waals surface area (Å²) in [5, 5.41) is 0. The van der Waals surface area contributed by atoms with Gasteiger partial charge in [-0.25, -0.2) is 0 Å². The summed E-state index contributed by atoms with van der Waals surface area (Å²) in [4.78, 5) is 2.62. The maximum atomic E-state index is 5.89. The Labute approximate surface area is 124 Å². The number of benzene rings is 1. The van der Waals surface area contributed by atoms with Crippen molar-refractivity contribution in [1.82, 2.24) is 4.90 Å². The number of hydrogen-bond donors (Lipinski definition) is 1. The van der Waals surface area contributed by atoms with Gasteiger partial charge in [-0.3, -0.25) is 0 Å². The smallest absolute Gasteiger partial charge is 0.00242 e. The molecule has 0 radical (unpaired) electrons. The molecule has 1 aromatic carbocycles. The minimum absolute atomic E-state index is 0.653. The molecule has 0 bridgehead atoms. The number of hydrogen-bond acceptors (Lipinski definition) is 2. The van der Waals surface area contributed by atoms with Crippen LogP contribution in [0, 0.1) is 17.8 Å². The summed E-state index contributed by atoms with van der Waals surface area (Å²) in [7, 11) is 0. The zero-order valence-electron chi connectivity index (χ0n) is 13.1. The molecular weight excluding hydrogens is 244 g/mol. The van der Waals surface area contributed by atoms with Gasteiger partial charge in [0.25, 0.3) is 0 Å². The van der Waals surface area contributed by atoms with Crippen molar-refractivity contribution in [1.29, 1.82) is 0 Å². The topological polar surface area (TPSA) is 29.3 Å². The molecule has 112 valence electrons. The summed E-state index contributed by atoms with van der Waals surface area (Å²) >= 11 is 0. The van der Waals surface area contributed by atoms with E-state index >= 15 is 0 Å². The van der Waals surface area contributed by atoms with Crippen molar-refractivity contribution in [3.8, 4) is 0 Å². The zero-order valence-corrected chi connectivity index (χ0v) is 13.1. The summed E-state index contributed by atoms with van der Waals surface area (Å²) < 4.78 is 0. The number of piperidine rings is 1. The van der Waals surface area contributed by atoms with Gasteiger partial charge in [-0.05, 0) is 62.2 Å². The summed E-state index contributed by atoms with van der Waals surface area (Å²) in [5.41, 5.74) is 7.39. The van der Waals surface area contributed by atoms with E-state index in [4.69, 9.17) is 5.73 Å². The van der Waals surface area contributed by atoms with Gasteiger partial charge in [0.05, 0.1) is 0 Å². The van der Waals surface area contributed by atoms with Crippen LogP contribution >= 0.6 is 0 Å². The van der Waals surface area contributed by atoms with Crippen LogP contribution in [0.3, 0.4) is 0 Å². The summed E-state index contributed by atoms with van der Waals surface area (Å²) in [5.74, 6) is 2.21. The van der Waals surface area contributed by atoms with Gasteiger partial charge >= 0.3 is 0 Å². The Kier molecular flexibility index (Phi) is 6.06. The number of rotatable bonds is 6. The van der Waals surface area contributed by atoms with Gasteiger partial charge in [0, 0.05) is 6.54 Å². The molecule has 1 unspecified atom stereocenters. The molecule has 1 saturated heterocycles. The third kappa shape index (κ3) is 4.60. The van der Waals surface area contributed by atoms with Crippen molar-refractivity contribution in [3.05, 3.63) is 35.9 Å². The molecule has 1 heterocycles. The fourth-order valence-electron chi connectivity index (χ4n) is 3.21. The first-order valence-corrected chi connectivity index (χ1v) is 8.15. The molecule has 1 aliphatic heterocycles. The summed E-state index contributed by atoms with van der Waals surface area (Å²) in [6.07, 6.45) is 3.92. The maximum absolute atomic E-state index is 5.89. The highest BCUT2D eigenvalue weighted by Gasteiger charge is 2.22. The lowest BCUT2D eigenvalue weighted by atomic mass is 9.89. The van der Waals surface area contributed by atoms with E-state index in [9.17, 15) is 0 Å². The lowest BCUT2D eigenvalue weighted by Gasteiger charge is -2.35. The first-order chi connectivity index (χ1) is 9.69. The fourth-order valence-corrected chi connectivity index (χ4v) is 3.21. The van der Waals surface area contributed by atoms with Crippen LogP contribution in [-0.2, 0) is 6.42 Å². The molecule has 1 aliphatic rings. The molecule has 0 aliphatic carbocycles. The average Bonchev–Trinajstić information content (AvgIpc) is 2.47. The van der Waals surface area contributed by atoms with Crippen LogP contribution in [0.4, 0.5) is 0 Å². The van der Waals surface area contributed by atoms with Crippen molar-refractivity contribution in [2.75, 3.05) is 26.2 Å². The molecule has 2 N–H and O–H groups in total. The molecule has 1 fully saturated rings. The maximum Gasteiger partial charge on any atom is 0.00242 e. The molecule has 0 spiro atoms. The molecule has 2 rings (SSSR count). The molecule has 0 amide bonds. The molecule has 2 heteroatoms. The third-order valence-electron chi connectivity index (χ3n) is 4.81. The number of nitrogens with zero attached hydrogens (tertiary/aromatic N) is 1. The minimum atomic E-state index is 0.653. The number of likely N-dealkylation sites (tertiary alicyclic amines) is 1. The van der Waals surface area contributed by atoms with Crippen LogP contribution in [0.25, 0.3) is 0 Å². The van der Waals surface area contributed by atoms with E-state index in [-0.39, 0.29) is 0 Å². The van der Waals surface area contributed by atoms with Crippen LogP contribution in [0.1, 0.15) is 32.3 Å². The van der Waals surface area contributed by atoms with E-state index in [0.717, 1.165) is 12.5 Å². The van der Waals surface area contributed by atoms with Crippen LogP contribution < -0.4 is 5.73 Å². The molecule has 1 atom stereocenters. The van der Waals surface area contributed by atoms with Crippen molar-refractivity contribution >= 4 is 0 Å². The molecule has 2 nitrogen and oxygen atoms in total. The highest BCUT2D eigenvalue weighted by Crippen LogP contribution is 2.23.